The van der Waals surface area contributed by atoms with Crippen molar-refractivity contribution in [2.45, 2.75) is 12.7 Å². The summed E-state index contributed by atoms with van der Waals surface area (Å²) in [4.78, 5) is 10.7. The zero-order valence-electron chi connectivity index (χ0n) is 13.5. The molecule has 0 fully saturated rings. The van der Waals surface area contributed by atoms with E-state index < -0.39 is 29.3 Å². The molecule has 3 aromatic rings. The number of fused-ring (bicyclic) bond motifs is 1. The lowest BCUT2D eigenvalue weighted by Crippen LogP contribution is -2.06. The largest absolute Gasteiger partial charge is 0.478 e. The standard InChI is InChI=1S/C18H11F5N2O2/c19-12-3-1-10(14(20)8-12)9-25-16-5-2-11(18(21,22)23)7-13(16)15(24-25)4-6-17(26)27/h1-8H,9H2,(H,26,27)/b6-4+. The Morgan fingerprint density at radius 1 is 1.15 bits per heavy atom. The second kappa shape index (κ2) is 6.82. The molecule has 27 heavy (non-hydrogen) atoms. The van der Waals surface area contributed by atoms with Gasteiger partial charge in [0, 0.05) is 23.1 Å². The van der Waals surface area contributed by atoms with Crippen LogP contribution in [-0.4, -0.2) is 20.9 Å². The number of carbonyl (C=O) groups is 1. The van der Waals surface area contributed by atoms with Gasteiger partial charge in [0.1, 0.15) is 11.6 Å². The molecule has 0 radical (unpaired) electrons. The molecule has 0 spiro atoms. The Kier molecular flexibility index (Phi) is 4.69. The Morgan fingerprint density at radius 3 is 2.52 bits per heavy atom. The van der Waals surface area contributed by atoms with Gasteiger partial charge in [0.25, 0.3) is 0 Å². The molecule has 2 aromatic carbocycles. The molecular weight excluding hydrogens is 371 g/mol. The molecule has 0 unspecified atom stereocenters. The second-order valence-electron chi connectivity index (χ2n) is 5.68. The van der Waals surface area contributed by atoms with Crippen LogP contribution in [0.25, 0.3) is 17.0 Å². The molecular formula is C18H11F5N2O2. The van der Waals surface area contributed by atoms with Crippen LogP contribution < -0.4 is 0 Å². The molecule has 3 rings (SSSR count). The predicted octanol–water partition coefficient (Wildman–Crippen LogP) is 4.48. The molecule has 4 nitrogen and oxygen atoms in total. The van der Waals surface area contributed by atoms with E-state index in [1.165, 1.54) is 16.8 Å². The summed E-state index contributed by atoms with van der Waals surface area (Å²) in [7, 11) is 0. The van der Waals surface area contributed by atoms with E-state index >= 15 is 0 Å². The number of aromatic nitrogens is 2. The van der Waals surface area contributed by atoms with Crippen LogP contribution in [-0.2, 0) is 17.5 Å². The van der Waals surface area contributed by atoms with Crippen molar-refractivity contribution < 1.29 is 31.9 Å². The van der Waals surface area contributed by atoms with Crippen LogP contribution in [0, 0.1) is 11.6 Å². The van der Waals surface area contributed by atoms with Gasteiger partial charge in [0.2, 0.25) is 0 Å². The molecule has 9 heteroatoms. The Bertz CT molecular complexity index is 1050. The smallest absolute Gasteiger partial charge is 0.416 e. The topological polar surface area (TPSA) is 55.1 Å². The van der Waals surface area contributed by atoms with Gasteiger partial charge in [-0.25, -0.2) is 13.6 Å². The summed E-state index contributed by atoms with van der Waals surface area (Å²) in [6.07, 6.45) is -2.79. The fourth-order valence-corrected chi connectivity index (χ4v) is 2.59. The fourth-order valence-electron chi connectivity index (χ4n) is 2.59. The van der Waals surface area contributed by atoms with Crippen molar-refractivity contribution in [1.29, 1.82) is 0 Å². The molecule has 0 aliphatic heterocycles. The van der Waals surface area contributed by atoms with Crippen LogP contribution in [0.3, 0.4) is 0 Å². The van der Waals surface area contributed by atoms with Crippen molar-refractivity contribution >= 4 is 22.9 Å². The van der Waals surface area contributed by atoms with Crippen LogP contribution in [0.1, 0.15) is 16.8 Å². The fraction of sp³-hybridized carbons (Fsp3) is 0.111. The highest BCUT2D eigenvalue weighted by Gasteiger charge is 2.31. The number of hydrogen-bond acceptors (Lipinski definition) is 2. The van der Waals surface area contributed by atoms with Gasteiger partial charge >= 0.3 is 12.1 Å². The highest BCUT2D eigenvalue weighted by molar-refractivity contribution is 5.92. The van der Waals surface area contributed by atoms with Crippen LogP contribution in [0.4, 0.5) is 22.0 Å². The maximum atomic E-state index is 13.9. The highest BCUT2D eigenvalue weighted by atomic mass is 19.4. The van der Waals surface area contributed by atoms with Gasteiger partial charge in [-0.2, -0.15) is 18.3 Å². The van der Waals surface area contributed by atoms with Crippen LogP contribution in [0.5, 0.6) is 0 Å². The summed E-state index contributed by atoms with van der Waals surface area (Å²) in [5.41, 5.74) is -0.611. The zero-order chi connectivity index (χ0) is 19.8. The minimum absolute atomic E-state index is 0.0129. The third-order valence-electron chi connectivity index (χ3n) is 3.83. The first kappa shape index (κ1) is 18.6. The van der Waals surface area contributed by atoms with E-state index in [0.717, 1.165) is 30.4 Å². The maximum absolute atomic E-state index is 13.9. The van der Waals surface area contributed by atoms with E-state index in [1.807, 2.05) is 0 Å². The SMILES string of the molecule is O=C(O)/C=C/c1nn(Cc2ccc(F)cc2F)c2ccc(C(F)(F)F)cc12. The third kappa shape index (κ3) is 3.97. The van der Waals surface area contributed by atoms with E-state index in [0.29, 0.717) is 6.07 Å². The summed E-state index contributed by atoms with van der Waals surface area (Å²) >= 11 is 0. The van der Waals surface area contributed by atoms with E-state index in [4.69, 9.17) is 5.11 Å². The number of carboxylic acids is 1. The molecule has 0 amide bonds. The molecule has 0 atom stereocenters. The molecule has 0 saturated heterocycles. The number of rotatable bonds is 4. The summed E-state index contributed by atoms with van der Waals surface area (Å²) in [5, 5.41) is 12.9. The lowest BCUT2D eigenvalue weighted by atomic mass is 10.1. The predicted molar refractivity (Wildman–Crippen MR) is 86.9 cm³/mol. The number of carboxylic acid groups (broad SMARTS) is 1. The number of aliphatic carboxylic acids is 1. The number of alkyl halides is 3. The summed E-state index contributed by atoms with van der Waals surface area (Å²) in [5.74, 6) is -2.89. The number of benzene rings is 2. The van der Waals surface area contributed by atoms with Crippen molar-refractivity contribution in [3.8, 4) is 0 Å². The van der Waals surface area contributed by atoms with E-state index in [9.17, 15) is 26.7 Å². The number of nitrogens with zero attached hydrogens (tertiary/aromatic N) is 2. The second-order valence-corrected chi connectivity index (χ2v) is 5.68. The number of halogens is 5. The first-order valence-electron chi connectivity index (χ1n) is 7.58. The number of hydrogen-bond donors (Lipinski definition) is 1. The van der Waals surface area contributed by atoms with Gasteiger partial charge in [-0.05, 0) is 30.3 Å². The monoisotopic (exact) mass is 382 g/mol. The summed E-state index contributed by atoms with van der Waals surface area (Å²) < 4.78 is 67.1. The van der Waals surface area contributed by atoms with Crippen molar-refractivity contribution in [1.82, 2.24) is 9.78 Å². The van der Waals surface area contributed by atoms with Crippen molar-refractivity contribution in [2.75, 3.05) is 0 Å². The molecule has 1 heterocycles. The Labute approximate surface area is 149 Å². The zero-order valence-corrected chi connectivity index (χ0v) is 13.5. The average Bonchev–Trinajstić information content (AvgIpc) is 2.92. The van der Waals surface area contributed by atoms with Crippen molar-refractivity contribution in [3.05, 3.63) is 70.9 Å². The first-order chi connectivity index (χ1) is 12.6. The third-order valence-corrected chi connectivity index (χ3v) is 3.83. The van der Waals surface area contributed by atoms with E-state index in [-0.39, 0.29) is 28.7 Å². The summed E-state index contributed by atoms with van der Waals surface area (Å²) in [6.45, 7) is -0.172. The minimum Gasteiger partial charge on any atom is -0.478 e. The van der Waals surface area contributed by atoms with Crippen LogP contribution in [0.2, 0.25) is 0 Å². The highest BCUT2D eigenvalue weighted by Crippen LogP contribution is 2.33. The molecule has 0 aliphatic carbocycles. The normalized spacial score (nSPS) is 12.2. The quantitative estimate of drug-likeness (QED) is 0.535. The Morgan fingerprint density at radius 2 is 1.89 bits per heavy atom. The Balaban J connectivity index is 2.13. The van der Waals surface area contributed by atoms with Gasteiger partial charge in [0.05, 0.1) is 23.3 Å². The van der Waals surface area contributed by atoms with E-state index in [2.05, 4.69) is 5.10 Å². The van der Waals surface area contributed by atoms with Gasteiger partial charge in [-0.1, -0.05) is 6.07 Å². The van der Waals surface area contributed by atoms with E-state index in [1.54, 1.807) is 0 Å². The maximum Gasteiger partial charge on any atom is 0.416 e. The lowest BCUT2D eigenvalue weighted by molar-refractivity contribution is -0.137. The Hall–Kier alpha value is -3.23. The molecule has 0 aliphatic rings. The van der Waals surface area contributed by atoms with Crippen molar-refractivity contribution in [2.24, 2.45) is 0 Å². The molecule has 1 N–H and O–H groups in total. The molecule has 140 valence electrons. The van der Waals surface area contributed by atoms with Crippen LogP contribution in [0.15, 0.2) is 42.5 Å². The van der Waals surface area contributed by atoms with Gasteiger partial charge < -0.3 is 5.11 Å². The minimum atomic E-state index is -4.59. The molecule has 0 bridgehead atoms. The van der Waals surface area contributed by atoms with Crippen molar-refractivity contribution in [3.63, 3.8) is 0 Å². The van der Waals surface area contributed by atoms with Gasteiger partial charge in [-0.3, -0.25) is 4.68 Å². The van der Waals surface area contributed by atoms with Crippen LogP contribution >= 0.6 is 0 Å². The lowest BCUT2D eigenvalue weighted by Gasteiger charge is -2.08. The molecule has 0 saturated carbocycles. The molecule has 1 aromatic heterocycles. The first-order valence-corrected chi connectivity index (χ1v) is 7.58. The summed E-state index contributed by atoms with van der Waals surface area (Å²) in [6, 6.07) is 5.82. The average molecular weight is 382 g/mol. The van der Waals surface area contributed by atoms with Gasteiger partial charge in [-0.15, -0.1) is 0 Å². The van der Waals surface area contributed by atoms with Gasteiger partial charge in [0.15, 0.2) is 0 Å².